The molecule has 4 heteroatoms. The summed E-state index contributed by atoms with van der Waals surface area (Å²) in [5, 5.41) is 0. The maximum absolute atomic E-state index is 12.4. The van der Waals surface area contributed by atoms with Crippen molar-refractivity contribution in [2.24, 2.45) is 5.73 Å². The molecular weight excluding hydrogens is 288 g/mol. The monoisotopic (exact) mass is 310 g/mol. The Morgan fingerprint density at radius 3 is 2.65 bits per heavy atom. The molecule has 2 aromatic rings. The number of likely N-dealkylation sites (tertiary alicyclic amines) is 1. The summed E-state index contributed by atoms with van der Waals surface area (Å²) in [6, 6.07) is 18.0. The van der Waals surface area contributed by atoms with Crippen molar-refractivity contribution in [1.29, 1.82) is 0 Å². The molecule has 1 unspecified atom stereocenters. The van der Waals surface area contributed by atoms with Gasteiger partial charge in [0.2, 0.25) is 0 Å². The van der Waals surface area contributed by atoms with E-state index in [0.717, 1.165) is 36.3 Å². The van der Waals surface area contributed by atoms with Crippen molar-refractivity contribution >= 4 is 5.91 Å². The van der Waals surface area contributed by atoms with Gasteiger partial charge >= 0.3 is 0 Å². The first-order valence-electron chi connectivity index (χ1n) is 8.06. The molecule has 120 valence electrons. The van der Waals surface area contributed by atoms with Crippen molar-refractivity contribution < 1.29 is 9.53 Å². The average Bonchev–Trinajstić information content (AvgIpc) is 3.09. The van der Waals surface area contributed by atoms with Crippen LogP contribution in [-0.4, -0.2) is 36.5 Å². The third-order valence-electron chi connectivity index (χ3n) is 4.29. The summed E-state index contributed by atoms with van der Waals surface area (Å²) in [6.07, 6.45) is 2.01. The molecular formula is C19H22N2O2. The number of carbonyl (C=O) groups excluding carboxylic acids is 1. The first kappa shape index (κ1) is 15.6. The second-order valence-corrected chi connectivity index (χ2v) is 5.77. The Morgan fingerprint density at radius 2 is 1.87 bits per heavy atom. The van der Waals surface area contributed by atoms with E-state index in [1.807, 2.05) is 59.5 Å². The Bertz CT molecular complexity index is 657. The first-order valence-corrected chi connectivity index (χ1v) is 8.06. The lowest BCUT2D eigenvalue weighted by atomic mass is 10.1. The highest BCUT2D eigenvalue weighted by molar-refractivity contribution is 5.79. The van der Waals surface area contributed by atoms with Gasteiger partial charge in [0, 0.05) is 24.7 Å². The van der Waals surface area contributed by atoms with Gasteiger partial charge in [-0.3, -0.25) is 4.79 Å². The second-order valence-electron chi connectivity index (χ2n) is 5.77. The van der Waals surface area contributed by atoms with Crippen molar-refractivity contribution in [3.05, 3.63) is 54.6 Å². The van der Waals surface area contributed by atoms with Crippen LogP contribution < -0.4 is 10.5 Å². The summed E-state index contributed by atoms with van der Waals surface area (Å²) in [6.45, 7) is 1.36. The molecule has 1 heterocycles. The van der Waals surface area contributed by atoms with E-state index in [1.165, 1.54) is 0 Å². The van der Waals surface area contributed by atoms with E-state index < -0.39 is 0 Å². The van der Waals surface area contributed by atoms with Crippen molar-refractivity contribution in [1.82, 2.24) is 4.90 Å². The van der Waals surface area contributed by atoms with Gasteiger partial charge in [0.05, 0.1) is 0 Å². The smallest absolute Gasteiger partial charge is 0.260 e. The molecule has 1 amide bonds. The number of nitrogens with zero attached hydrogens (tertiary/aromatic N) is 1. The largest absolute Gasteiger partial charge is 0.483 e. The first-order chi connectivity index (χ1) is 11.3. The maximum Gasteiger partial charge on any atom is 0.260 e. The molecule has 0 aliphatic carbocycles. The molecule has 0 spiro atoms. The fraction of sp³-hybridized carbons (Fsp3) is 0.316. The summed E-state index contributed by atoms with van der Waals surface area (Å²) >= 11 is 0. The molecule has 0 saturated carbocycles. The molecule has 1 aliphatic heterocycles. The van der Waals surface area contributed by atoms with Gasteiger partial charge in [-0.15, -0.1) is 0 Å². The SMILES string of the molecule is NCC1CCCN1C(=O)COc1ccccc1-c1ccccc1. The van der Waals surface area contributed by atoms with E-state index in [1.54, 1.807) is 0 Å². The molecule has 1 fully saturated rings. The van der Waals surface area contributed by atoms with Crippen molar-refractivity contribution in [3.63, 3.8) is 0 Å². The number of carbonyl (C=O) groups is 1. The lowest BCUT2D eigenvalue weighted by Crippen LogP contribution is -2.42. The zero-order valence-electron chi connectivity index (χ0n) is 13.2. The number of ether oxygens (including phenoxy) is 1. The van der Waals surface area contributed by atoms with E-state index in [0.29, 0.717) is 6.54 Å². The molecule has 2 N–H and O–H groups in total. The third kappa shape index (κ3) is 3.54. The number of nitrogens with two attached hydrogens (primary N) is 1. The number of hydrogen-bond acceptors (Lipinski definition) is 3. The van der Waals surface area contributed by atoms with Crippen molar-refractivity contribution in [3.8, 4) is 16.9 Å². The highest BCUT2D eigenvalue weighted by Crippen LogP contribution is 2.29. The molecule has 3 rings (SSSR count). The van der Waals surface area contributed by atoms with Crippen LogP contribution in [0.15, 0.2) is 54.6 Å². The lowest BCUT2D eigenvalue weighted by molar-refractivity contribution is -0.134. The summed E-state index contributed by atoms with van der Waals surface area (Å²) in [5.41, 5.74) is 7.81. The summed E-state index contributed by atoms with van der Waals surface area (Å²) in [5.74, 6) is 0.747. The maximum atomic E-state index is 12.4. The number of rotatable bonds is 5. The van der Waals surface area contributed by atoms with Gasteiger partial charge in [-0.1, -0.05) is 48.5 Å². The Labute approximate surface area is 136 Å². The zero-order valence-corrected chi connectivity index (χ0v) is 13.2. The number of benzene rings is 2. The van der Waals surface area contributed by atoms with Crippen LogP contribution in [0.4, 0.5) is 0 Å². The molecule has 1 aliphatic rings. The van der Waals surface area contributed by atoms with E-state index in [2.05, 4.69) is 0 Å². The fourth-order valence-corrected chi connectivity index (χ4v) is 3.08. The van der Waals surface area contributed by atoms with Gasteiger partial charge in [-0.2, -0.15) is 0 Å². The summed E-state index contributed by atoms with van der Waals surface area (Å²) in [4.78, 5) is 14.2. The quantitative estimate of drug-likeness (QED) is 0.924. The van der Waals surface area contributed by atoms with Crippen LogP contribution in [0.25, 0.3) is 11.1 Å². The Balaban J connectivity index is 1.70. The van der Waals surface area contributed by atoms with E-state index in [4.69, 9.17) is 10.5 Å². The standard InChI is InChI=1S/C19H22N2O2/c20-13-16-9-6-12-21(16)19(22)14-23-18-11-5-4-10-17(18)15-7-2-1-3-8-15/h1-5,7-8,10-11,16H,6,9,12-14,20H2. The van der Waals surface area contributed by atoms with Gasteiger partial charge in [0.25, 0.3) is 5.91 Å². The fourth-order valence-electron chi connectivity index (χ4n) is 3.08. The molecule has 0 bridgehead atoms. The van der Waals surface area contributed by atoms with Gasteiger partial charge in [0.15, 0.2) is 6.61 Å². The topological polar surface area (TPSA) is 55.6 Å². The minimum atomic E-state index is 0.0146. The molecule has 2 aromatic carbocycles. The van der Waals surface area contributed by atoms with Gasteiger partial charge in [-0.05, 0) is 24.5 Å². The van der Waals surface area contributed by atoms with Gasteiger partial charge < -0.3 is 15.4 Å². The number of para-hydroxylation sites is 1. The lowest BCUT2D eigenvalue weighted by Gasteiger charge is -2.23. The predicted octanol–water partition coefficient (Wildman–Crippen LogP) is 2.68. The predicted molar refractivity (Wildman–Crippen MR) is 91.2 cm³/mol. The van der Waals surface area contributed by atoms with Crippen LogP contribution in [0.2, 0.25) is 0 Å². The highest BCUT2D eigenvalue weighted by Gasteiger charge is 2.27. The summed E-state index contributed by atoms with van der Waals surface area (Å²) in [7, 11) is 0. The normalized spacial score (nSPS) is 17.3. The van der Waals surface area contributed by atoms with Crippen molar-refractivity contribution in [2.75, 3.05) is 19.7 Å². The molecule has 1 saturated heterocycles. The second kappa shape index (κ2) is 7.29. The van der Waals surface area contributed by atoms with Crippen molar-refractivity contribution in [2.45, 2.75) is 18.9 Å². The molecule has 1 atom stereocenters. The van der Waals surface area contributed by atoms with Crippen LogP contribution in [0.1, 0.15) is 12.8 Å². The molecule has 0 radical (unpaired) electrons. The van der Waals surface area contributed by atoms with Crippen LogP contribution in [0.3, 0.4) is 0 Å². The van der Waals surface area contributed by atoms with Crippen LogP contribution >= 0.6 is 0 Å². The Morgan fingerprint density at radius 1 is 1.13 bits per heavy atom. The highest BCUT2D eigenvalue weighted by atomic mass is 16.5. The van der Waals surface area contributed by atoms with E-state index >= 15 is 0 Å². The molecule has 0 aromatic heterocycles. The van der Waals surface area contributed by atoms with E-state index in [-0.39, 0.29) is 18.6 Å². The average molecular weight is 310 g/mol. The minimum Gasteiger partial charge on any atom is -0.483 e. The van der Waals surface area contributed by atoms with Crippen LogP contribution in [0, 0.1) is 0 Å². The molecule has 23 heavy (non-hydrogen) atoms. The molecule has 4 nitrogen and oxygen atoms in total. The Hall–Kier alpha value is -2.33. The zero-order chi connectivity index (χ0) is 16.1. The van der Waals surface area contributed by atoms with Crippen LogP contribution in [-0.2, 0) is 4.79 Å². The van der Waals surface area contributed by atoms with Gasteiger partial charge in [-0.25, -0.2) is 0 Å². The van der Waals surface area contributed by atoms with E-state index in [9.17, 15) is 4.79 Å². The summed E-state index contributed by atoms with van der Waals surface area (Å²) < 4.78 is 5.83. The Kier molecular flexibility index (Phi) is 4.93. The van der Waals surface area contributed by atoms with Crippen LogP contribution in [0.5, 0.6) is 5.75 Å². The number of hydrogen-bond donors (Lipinski definition) is 1. The number of amides is 1. The third-order valence-corrected chi connectivity index (χ3v) is 4.29. The minimum absolute atomic E-state index is 0.0146. The van der Waals surface area contributed by atoms with Gasteiger partial charge in [0.1, 0.15) is 5.75 Å².